The standard InChI is InChI=1S/C20H28FN3O3.ClH/c21-17-3-1-15(2-4-17)13-23-18(25)16-5-9-24(10-6-16)19(26)20(14-22)7-11-27-12-8-20;/h1-4,16H,5-14,22H2,(H,23,25);1H. The Morgan fingerprint density at radius 3 is 2.36 bits per heavy atom. The van der Waals surface area contributed by atoms with Crippen molar-refractivity contribution in [3.63, 3.8) is 0 Å². The molecule has 156 valence electrons. The van der Waals surface area contributed by atoms with E-state index in [4.69, 9.17) is 10.5 Å². The predicted molar refractivity (Wildman–Crippen MR) is 106 cm³/mol. The van der Waals surface area contributed by atoms with Gasteiger partial charge in [-0.1, -0.05) is 12.1 Å². The Morgan fingerprint density at radius 1 is 1.18 bits per heavy atom. The van der Waals surface area contributed by atoms with Crippen molar-refractivity contribution < 1.29 is 18.7 Å². The number of likely N-dealkylation sites (tertiary alicyclic amines) is 1. The fourth-order valence-corrected chi connectivity index (χ4v) is 3.88. The van der Waals surface area contributed by atoms with Gasteiger partial charge in [0, 0.05) is 45.3 Å². The van der Waals surface area contributed by atoms with Crippen molar-refractivity contribution in [1.29, 1.82) is 0 Å². The van der Waals surface area contributed by atoms with Crippen molar-refractivity contribution in [2.24, 2.45) is 17.1 Å². The second-order valence-electron chi connectivity index (χ2n) is 7.51. The largest absolute Gasteiger partial charge is 0.381 e. The summed E-state index contributed by atoms with van der Waals surface area (Å²) in [6.07, 6.45) is 2.64. The third-order valence-corrected chi connectivity index (χ3v) is 5.83. The van der Waals surface area contributed by atoms with E-state index in [1.165, 1.54) is 12.1 Å². The normalized spacial score (nSPS) is 19.6. The minimum atomic E-state index is -0.504. The minimum Gasteiger partial charge on any atom is -0.381 e. The van der Waals surface area contributed by atoms with E-state index in [-0.39, 0.29) is 36.0 Å². The molecule has 3 N–H and O–H groups in total. The van der Waals surface area contributed by atoms with Gasteiger partial charge in [-0.05, 0) is 43.4 Å². The Morgan fingerprint density at radius 2 is 1.79 bits per heavy atom. The summed E-state index contributed by atoms with van der Waals surface area (Å²) in [6.45, 7) is 3.03. The molecule has 0 aliphatic carbocycles. The SMILES string of the molecule is Cl.NCC1(C(=O)N2CCC(C(=O)NCc3ccc(F)cc3)CC2)CCOCC1. The van der Waals surface area contributed by atoms with Crippen LogP contribution in [0.1, 0.15) is 31.2 Å². The highest BCUT2D eigenvalue weighted by Gasteiger charge is 2.42. The smallest absolute Gasteiger partial charge is 0.230 e. The number of carbonyl (C=O) groups excluding carboxylic acids is 2. The van der Waals surface area contributed by atoms with Gasteiger partial charge in [-0.3, -0.25) is 9.59 Å². The number of amides is 2. The summed E-state index contributed by atoms with van der Waals surface area (Å²) in [5, 5.41) is 2.91. The molecule has 0 atom stereocenters. The molecule has 8 heteroatoms. The quantitative estimate of drug-likeness (QED) is 0.771. The summed E-state index contributed by atoms with van der Waals surface area (Å²) in [7, 11) is 0. The highest BCUT2D eigenvalue weighted by Crippen LogP contribution is 2.33. The van der Waals surface area contributed by atoms with E-state index in [2.05, 4.69) is 5.32 Å². The van der Waals surface area contributed by atoms with Gasteiger partial charge in [-0.2, -0.15) is 0 Å². The van der Waals surface area contributed by atoms with Gasteiger partial charge in [0.2, 0.25) is 11.8 Å². The lowest BCUT2D eigenvalue weighted by atomic mass is 9.78. The molecule has 2 heterocycles. The summed E-state index contributed by atoms with van der Waals surface area (Å²) in [5.74, 6) is -0.288. The molecule has 0 aromatic heterocycles. The number of rotatable bonds is 5. The van der Waals surface area contributed by atoms with Crippen molar-refractivity contribution >= 4 is 24.2 Å². The van der Waals surface area contributed by atoms with Crippen LogP contribution in [0.15, 0.2) is 24.3 Å². The van der Waals surface area contributed by atoms with Crippen LogP contribution >= 0.6 is 12.4 Å². The van der Waals surface area contributed by atoms with Crippen LogP contribution in [0, 0.1) is 17.2 Å². The van der Waals surface area contributed by atoms with E-state index >= 15 is 0 Å². The van der Waals surface area contributed by atoms with E-state index < -0.39 is 5.41 Å². The Bertz CT molecular complexity index is 657. The van der Waals surface area contributed by atoms with Gasteiger partial charge in [0.15, 0.2) is 0 Å². The summed E-state index contributed by atoms with van der Waals surface area (Å²) in [5.41, 5.74) is 6.29. The molecule has 2 aliphatic heterocycles. The number of hydrogen-bond donors (Lipinski definition) is 2. The van der Waals surface area contributed by atoms with Crippen LogP contribution in [-0.2, 0) is 20.9 Å². The predicted octanol–water partition coefficient (Wildman–Crippen LogP) is 1.86. The molecule has 1 aromatic rings. The zero-order valence-electron chi connectivity index (χ0n) is 16.0. The number of halogens is 2. The Hall–Kier alpha value is -1.70. The molecule has 0 spiro atoms. The molecule has 28 heavy (non-hydrogen) atoms. The Labute approximate surface area is 171 Å². The maximum absolute atomic E-state index is 13.0. The molecular weight excluding hydrogens is 385 g/mol. The van der Waals surface area contributed by atoms with Gasteiger partial charge in [0.05, 0.1) is 5.41 Å². The lowest BCUT2D eigenvalue weighted by Gasteiger charge is -2.41. The van der Waals surface area contributed by atoms with Crippen molar-refractivity contribution in [2.75, 3.05) is 32.8 Å². The first-order valence-corrected chi connectivity index (χ1v) is 9.63. The number of piperidine rings is 1. The number of nitrogens with two attached hydrogens (primary N) is 1. The molecule has 0 saturated carbocycles. The highest BCUT2D eigenvalue weighted by atomic mass is 35.5. The van der Waals surface area contributed by atoms with Gasteiger partial charge >= 0.3 is 0 Å². The van der Waals surface area contributed by atoms with Crippen LogP contribution in [0.4, 0.5) is 4.39 Å². The molecule has 2 aliphatic rings. The van der Waals surface area contributed by atoms with Crippen LogP contribution in [0.25, 0.3) is 0 Å². The maximum Gasteiger partial charge on any atom is 0.230 e. The minimum absolute atomic E-state index is 0. The number of ether oxygens (including phenoxy) is 1. The van der Waals surface area contributed by atoms with Gasteiger partial charge in [0.25, 0.3) is 0 Å². The Balaban J connectivity index is 0.00000280. The first kappa shape index (κ1) is 22.6. The van der Waals surface area contributed by atoms with Crippen LogP contribution in [0.2, 0.25) is 0 Å². The van der Waals surface area contributed by atoms with Gasteiger partial charge in [-0.25, -0.2) is 4.39 Å². The van der Waals surface area contributed by atoms with E-state index in [1.54, 1.807) is 12.1 Å². The zero-order valence-corrected chi connectivity index (χ0v) is 16.8. The number of benzene rings is 1. The molecule has 2 saturated heterocycles. The van der Waals surface area contributed by atoms with Crippen LogP contribution in [0.3, 0.4) is 0 Å². The average molecular weight is 414 g/mol. The fourth-order valence-electron chi connectivity index (χ4n) is 3.88. The van der Waals surface area contributed by atoms with Gasteiger partial charge in [0.1, 0.15) is 5.82 Å². The molecular formula is C20H29ClFN3O3. The van der Waals surface area contributed by atoms with Crippen molar-refractivity contribution in [3.05, 3.63) is 35.6 Å². The second kappa shape index (κ2) is 10.2. The molecule has 2 fully saturated rings. The van der Waals surface area contributed by atoms with Crippen molar-refractivity contribution in [3.8, 4) is 0 Å². The maximum atomic E-state index is 13.0. The molecule has 3 rings (SSSR count). The third kappa shape index (κ3) is 5.21. The van der Waals surface area contributed by atoms with E-state index in [0.29, 0.717) is 65.1 Å². The molecule has 0 unspecified atom stereocenters. The summed E-state index contributed by atoms with van der Waals surface area (Å²) >= 11 is 0. The third-order valence-electron chi connectivity index (χ3n) is 5.83. The molecule has 1 aromatic carbocycles. The number of hydrogen-bond acceptors (Lipinski definition) is 4. The summed E-state index contributed by atoms with van der Waals surface area (Å²) in [6, 6.07) is 6.10. The van der Waals surface area contributed by atoms with Gasteiger partial charge in [-0.15, -0.1) is 12.4 Å². The number of nitrogens with zero attached hydrogens (tertiary/aromatic N) is 1. The van der Waals surface area contributed by atoms with Crippen LogP contribution < -0.4 is 11.1 Å². The molecule has 6 nitrogen and oxygen atoms in total. The zero-order chi connectivity index (χ0) is 19.3. The monoisotopic (exact) mass is 413 g/mol. The fraction of sp³-hybridized carbons (Fsp3) is 0.600. The lowest BCUT2D eigenvalue weighted by molar-refractivity contribution is -0.149. The van der Waals surface area contributed by atoms with E-state index in [0.717, 1.165) is 5.56 Å². The van der Waals surface area contributed by atoms with Gasteiger partial charge < -0.3 is 20.7 Å². The summed E-state index contributed by atoms with van der Waals surface area (Å²) in [4.78, 5) is 27.3. The average Bonchev–Trinajstić information content (AvgIpc) is 2.73. The van der Waals surface area contributed by atoms with Crippen molar-refractivity contribution in [2.45, 2.75) is 32.2 Å². The lowest BCUT2D eigenvalue weighted by Crippen LogP contribution is -2.53. The topological polar surface area (TPSA) is 84.7 Å². The van der Waals surface area contributed by atoms with E-state index in [9.17, 15) is 14.0 Å². The number of carbonyl (C=O) groups is 2. The molecule has 0 radical (unpaired) electrons. The second-order valence-corrected chi connectivity index (χ2v) is 7.51. The molecule has 2 amide bonds. The molecule has 0 bridgehead atoms. The van der Waals surface area contributed by atoms with Crippen molar-refractivity contribution in [1.82, 2.24) is 10.2 Å². The van der Waals surface area contributed by atoms with Crippen LogP contribution in [0.5, 0.6) is 0 Å². The highest BCUT2D eigenvalue weighted by molar-refractivity contribution is 5.85. The number of nitrogens with one attached hydrogen (secondary N) is 1. The van der Waals surface area contributed by atoms with E-state index in [1.807, 2.05) is 4.90 Å². The summed E-state index contributed by atoms with van der Waals surface area (Å²) < 4.78 is 18.3. The first-order chi connectivity index (χ1) is 13.0. The Kier molecular flexibility index (Phi) is 8.22. The first-order valence-electron chi connectivity index (χ1n) is 9.63. The van der Waals surface area contributed by atoms with Crippen LogP contribution in [-0.4, -0.2) is 49.6 Å².